The quantitative estimate of drug-likeness (QED) is 0.781. The van der Waals surface area contributed by atoms with Gasteiger partial charge in [-0.2, -0.15) is 0 Å². The highest BCUT2D eigenvalue weighted by Gasteiger charge is 2.52. The molecule has 0 aromatic rings. The lowest BCUT2D eigenvalue weighted by Gasteiger charge is -2.42. The second-order valence-corrected chi connectivity index (χ2v) is 8.86. The third kappa shape index (κ3) is 3.14. The summed E-state index contributed by atoms with van der Waals surface area (Å²) in [4.78, 5) is 4.88. The van der Waals surface area contributed by atoms with Crippen LogP contribution in [0.2, 0.25) is 0 Å². The molecule has 2 aliphatic rings. The van der Waals surface area contributed by atoms with Gasteiger partial charge in [0.1, 0.15) is 0 Å². The van der Waals surface area contributed by atoms with Gasteiger partial charge in [0.2, 0.25) is 0 Å². The Bertz CT molecular complexity index is 450. The molecule has 1 aliphatic heterocycles. The third-order valence-electron chi connectivity index (χ3n) is 5.67. The Morgan fingerprint density at radius 3 is 2.48 bits per heavy atom. The van der Waals surface area contributed by atoms with E-state index < -0.39 is 9.84 Å². The molecule has 6 heteroatoms. The van der Waals surface area contributed by atoms with Gasteiger partial charge in [-0.15, -0.1) is 0 Å². The fourth-order valence-electron chi connectivity index (χ4n) is 4.54. The highest BCUT2D eigenvalue weighted by Crippen LogP contribution is 2.41. The van der Waals surface area contributed by atoms with Gasteiger partial charge in [-0.05, 0) is 32.4 Å². The smallest absolute Gasteiger partial charge is 0.152 e. The predicted octanol–water partition coefficient (Wildman–Crippen LogP) is 0.697. The normalized spacial score (nSPS) is 34.9. The van der Waals surface area contributed by atoms with Gasteiger partial charge in [-0.25, -0.2) is 8.42 Å². The Morgan fingerprint density at radius 1 is 1.29 bits per heavy atom. The summed E-state index contributed by atoms with van der Waals surface area (Å²) in [7, 11) is -3.04. The van der Waals surface area contributed by atoms with Gasteiger partial charge < -0.3 is 5.73 Å². The van der Waals surface area contributed by atoms with Gasteiger partial charge in [0.15, 0.2) is 9.84 Å². The third-order valence-corrected chi connectivity index (χ3v) is 7.38. The summed E-state index contributed by atoms with van der Waals surface area (Å²) < 4.78 is 24.4. The number of likely N-dealkylation sites (N-methyl/N-ethyl adjacent to an activating group) is 1. The van der Waals surface area contributed by atoms with Gasteiger partial charge in [-0.3, -0.25) is 9.80 Å². The van der Waals surface area contributed by atoms with Crippen LogP contribution in [0.25, 0.3) is 0 Å². The average molecular weight is 317 g/mol. The van der Waals surface area contributed by atoms with E-state index in [0.717, 1.165) is 51.9 Å². The van der Waals surface area contributed by atoms with Crippen molar-refractivity contribution in [1.82, 2.24) is 9.80 Å². The van der Waals surface area contributed by atoms with Crippen molar-refractivity contribution in [1.29, 1.82) is 0 Å². The summed E-state index contributed by atoms with van der Waals surface area (Å²) in [6.45, 7) is 8.89. The van der Waals surface area contributed by atoms with Crippen LogP contribution < -0.4 is 5.73 Å². The molecular formula is C15H31N3O2S. The second kappa shape index (κ2) is 6.52. The van der Waals surface area contributed by atoms with Gasteiger partial charge in [0, 0.05) is 37.5 Å². The Morgan fingerprint density at radius 2 is 1.95 bits per heavy atom. The van der Waals surface area contributed by atoms with Crippen molar-refractivity contribution in [2.45, 2.75) is 56.4 Å². The SMILES string of the molecule is CCN(CC)C1CCN(C2(CN)CCCC2S(C)(=O)=O)C1. The summed E-state index contributed by atoms with van der Waals surface area (Å²) in [5.74, 6) is 0. The molecule has 0 amide bonds. The van der Waals surface area contributed by atoms with Crippen LogP contribution in [0.3, 0.4) is 0 Å². The standard InChI is InChI=1S/C15H31N3O2S/c1-4-17(5-2)13-8-10-18(11-13)15(12-16)9-6-7-14(15)21(3,19)20/h13-14H,4-12,16H2,1-3H3. The lowest BCUT2D eigenvalue weighted by molar-refractivity contribution is 0.116. The van der Waals surface area contributed by atoms with Gasteiger partial charge in [0.05, 0.1) is 5.25 Å². The molecule has 3 atom stereocenters. The summed E-state index contributed by atoms with van der Waals surface area (Å²) in [5.41, 5.74) is 5.78. The zero-order chi connectivity index (χ0) is 15.7. The molecule has 1 saturated heterocycles. The highest BCUT2D eigenvalue weighted by atomic mass is 32.2. The Hall–Kier alpha value is -0.170. The molecule has 2 N–H and O–H groups in total. The molecule has 0 aromatic carbocycles. The first-order chi connectivity index (χ1) is 9.89. The summed E-state index contributed by atoms with van der Waals surface area (Å²) in [5, 5.41) is -0.287. The molecule has 1 saturated carbocycles. The van der Waals surface area contributed by atoms with E-state index in [9.17, 15) is 8.42 Å². The number of hydrogen-bond acceptors (Lipinski definition) is 5. The Kier molecular flexibility index (Phi) is 5.34. The summed E-state index contributed by atoms with van der Waals surface area (Å²) in [6, 6.07) is 0.546. The minimum Gasteiger partial charge on any atom is -0.329 e. The number of rotatable bonds is 6. The molecule has 0 radical (unpaired) electrons. The maximum atomic E-state index is 12.2. The van der Waals surface area contributed by atoms with Crippen LogP contribution in [-0.2, 0) is 9.84 Å². The van der Waals surface area contributed by atoms with Crippen LogP contribution in [0.15, 0.2) is 0 Å². The van der Waals surface area contributed by atoms with E-state index in [4.69, 9.17) is 5.73 Å². The van der Waals surface area contributed by atoms with Crippen molar-refractivity contribution in [3.63, 3.8) is 0 Å². The molecule has 2 fully saturated rings. The summed E-state index contributed by atoms with van der Waals surface area (Å²) in [6.07, 6.45) is 5.17. The van der Waals surface area contributed by atoms with Gasteiger partial charge in [0.25, 0.3) is 0 Å². The molecule has 3 unspecified atom stereocenters. The number of nitrogens with two attached hydrogens (primary N) is 1. The van der Waals surface area contributed by atoms with Crippen LogP contribution >= 0.6 is 0 Å². The molecule has 0 aromatic heterocycles. The van der Waals surface area contributed by atoms with Crippen molar-refractivity contribution in [3.05, 3.63) is 0 Å². The second-order valence-electron chi connectivity index (χ2n) is 6.63. The van der Waals surface area contributed by atoms with Crippen LogP contribution in [0.4, 0.5) is 0 Å². The maximum Gasteiger partial charge on any atom is 0.152 e. The van der Waals surface area contributed by atoms with Crippen LogP contribution in [0.5, 0.6) is 0 Å². The zero-order valence-corrected chi connectivity index (χ0v) is 14.5. The minimum absolute atomic E-state index is 0.287. The van der Waals surface area contributed by atoms with E-state index in [-0.39, 0.29) is 10.8 Å². The summed E-state index contributed by atoms with van der Waals surface area (Å²) >= 11 is 0. The molecule has 21 heavy (non-hydrogen) atoms. The van der Waals surface area contributed by atoms with Crippen LogP contribution in [0.1, 0.15) is 39.5 Å². The first kappa shape index (κ1) is 17.2. The number of hydrogen-bond donors (Lipinski definition) is 1. The van der Waals surface area contributed by atoms with Crippen molar-refractivity contribution in [3.8, 4) is 0 Å². The maximum absolute atomic E-state index is 12.2. The van der Waals surface area contributed by atoms with E-state index in [1.165, 1.54) is 6.26 Å². The van der Waals surface area contributed by atoms with Crippen molar-refractivity contribution in [2.75, 3.05) is 39.0 Å². The number of nitrogens with zero attached hydrogens (tertiary/aromatic N) is 2. The van der Waals surface area contributed by atoms with E-state index in [1.807, 2.05) is 0 Å². The highest BCUT2D eigenvalue weighted by molar-refractivity contribution is 7.91. The monoisotopic (exact) mass is 317 g/mol. The fourth-order valence-corrected chi connectivity index (χ4v) is 6.30. The van der Waals surface area contributed by atoms with Crippen molar-refractivity contribution in [2.24, 2.45) is 5.73 Å². The lowest BCUT2D eigenvalue weighted by Crippen LogP contribution is -2.60. The molecule has 0 bridgehead atoms. The largest absolute Gasteiger partial charge is 0.329 e. The fraction of sp³-hybridized carbons (Fsp3) is 1.00. The predicted molar refractivity (Wildman–Crippen MR) is 87.2 cm³/mol. The Balaban J connectivity index is 2.19. The average Bonchev–Trinajstić information content (AvgIpc) is 3.06. The Labute approximate surface area is 129 Å². The van der Waals surface area contributed by atoms with Crippen molar-refractivity contribution < 1.29 is 8.42 Å². The van der Waals surface area contributed by atoms with E-state index in [2.05, 4.69) is 23.6 Å². The molecule has 2 rings (SSSR count). The topological polar surface area (TPSA) is 66.6 Å². The first-order valence-electron chi connectivity index (χ1n) is 8.27. The van der Waals surface area contributed by atoms with E-state index in [0.29, 0.717) is 12.6 Å². The van der Waals surface area contributed by atoms with E-state index in [1.54, 1.807) is 0 Å². The van der Waals surface area contributed by atoms with Gasteiger partial charge in [-0.1, -0.05) is 20.3 Å². The first-order valence-corrected chi connectivity index (χ1v) is 10.2. The van der Waals surface area contributed by atoms with Crippen LogP contribution in [0, 0.1) is 0 Å². The molecule has 5 nitrogen and oxygen atoms in total. The number of likely N-dealkylation sites (tertiary alicyclic amines) is 1. The van der Waals surface area contributed by atoms with Gasteiger partial charge >= 0.3 is 0 Å². The van der Waals surface area contributed by atoms with E-state index >= 15 is 0 Å². The molecule has 1 aliphatic carbocycles. The molecule has 1 heterocycles. The molecule has 124 valence electrons. The van der Waals surface area contributed by atoms with Crippen LogP contribution in [-0.4, -0.2) is 74.0 Å². The number of sulfone groups is 1. The molecular weight excluding hydrogens is 286 g/mol. The zero-order valence-electron chi connectivity index (χ0n) is 13.7. The minimum atomic E-state index is -3.04. The molecule has 0 spiro atoms. The lowest BCUT2D eigenvalue weighted by atomic mass is 9.95. The van der Waals surface area contributed by atoms with Crippen molar-refractivity contribution >= 4 is 9.84 Å².